The van der Waals surface area contributed by atoms with E-state index in [9.17, 15) is 8.42 Å². The highest BCUT2D eigenvalue weighted by Gasteiger charge is 2.38. The summed E-state index contributed by atoms with van der Waals surface area (Å²) in [6.45, 7) is 0. The van der Waals surface area contributed by atoms with Crippen LogP contribution in [0.4, 0.5) is 0 Å². The van der Waals surface area contributed by atoms with Crippen molar-refractivity contribution in [1.29, 1.82) is 0 Å². The van der Waals surface area contributed by atoms with Crippen LogP contribution in [-0.4, -0.2) is 35.5 Å². The van der Waals surface area contributed by atoms with Crippen LogP contribution in [0.5, 0.6) is 0 Å². The van der Waals surface area contributed by atoms with Gasteiger partial charge in [-0.1, -0.05) is 0 Å². The molecular weight excluding hydrogens is 232 g/mol. The van der Waals surface area contributed by atoms with Gasteiger partial charge in [0.15, 0.2) is 9.84 Å². The Morgan fingerprint density at radius 1 is 1.40 bits per heavy atom. The average molecular weight is 246 g/mol. The van der Waals surface area contributed by atoms with Crippen LogP contribution in [0.25, 0.3) is 0 Å². The molecule has 0 atom stereocenters. The van der Waals surface area contributed by atoms with Gasteiger partial charge in [0, 0.05) is 18.1 Å². The van der Waals surface area contributed by atoms with Gasteiger partial charge in [0.2, 0.25) is 0 Å². The minimum atomic E-state index is -2.83. The van der Waals surface area contributed by atoms with E-state index in [4.69, 9.17) is 0 Å². The predicted molar refractivity (Wildman–Crippen MR) is 61.9 cm³/mol. The molecule has 15 heavy (non-hydrogen) atoms. The van der Waals surface area contributed by atoms with E-state index >= 15 is 0 Å². The van der Waals surface area contributed by atoms with Gasteiger partial charge in [-0.15, -0.1) is 0 Å². The Bertz CT molecular complexity index is 411. The van der Waals surface area contributed by atoms with Gasteiger partial charge in [0.05, 0.1) is 17.0 Å². The molecule has 0 bridgehead atoms. The number of hydrogen-bond donors (Lipinski definition) is 1. The van der Waals surface area contributed by atoms with Crippen molar-refractivity contribution < 1.29 is 8.42 Å². The van der Waals surface area contributed by atoms with Crippen LogP contribution in [-0.2, 0) is 15.4 Å². The zero-order valence-electron chi connectivity index (χ0n) is 8.33. The number of thiol groups is 1. The summed E-state index contributed by atoms with van der Waals surface area (Å²) in [5, 5.41) is 4.20. The molecule has 1 aromatic heterocycles. The van der Waals surface area contributed by atoms with E-state index in [1.165, 1.54) is 0 Å². The van der Waals surface area contributed by atoms with Gasteiger partial charge < -0.3 is 0 Å². The maximum Gasteiger partial charge on any atom is 0.150 e. The Balaban J connectivity index is 2.26. The first-order chi connectivity index (χ1) is 7.08. The summed E-state index contributed by atoms with van der Waals surface area (Å²) >= 11 is 4.34. The van der Waals surface area contributed by atoms with E-state index in [1.54, 1.807) is 6.20 Å². The van der Waals surface area contributed by atoms with E-state index in [-0.39, 0.29) is 17.0 Å². The predicted octanol–water partition coefficient (Wildman–Crippen LogP) is 0.717. The maximum absolute atomic E-state index is 11.4. The van der Waals surface area contributed by atoms with Crippen molar-refractivity contribution >= 4 is 22.5 Å². The highest BCUT2D eigenvalue weighted by atomic mass is 32.2. The molecule has 1 fully saturated rings. The number of aromatic nitrogens is 2. The Hall–Kier alpha value is -0.490. The number of sulfone groups is 1. The molecule has 1 aromatic rings. The SMILES string of the molecule is O=S1(=O)CCC(CS)(n2cccn2)CC1. The summed E-state index contributed by atoms with van der Waals surface area (Å²) in [5.41, 5.74) is -0.210. The molecule has 0 radical (unpaired) electrons. The third-order valence-corrected chi connectivity index (χ3v) is 5.28. The zero-order valence-corrected chi connectivity index (χ0v) is 10.0. The van der Waals surface area contributed by atoms with Gasteiger partial charge in [0.1, 0.15) is 0 Å². The quantitative estimate of drug-likeness (QED) is 0.782. The first-order valence-electron chi connectivity index (χ1n) is 4.89. The first-order valence-corrected chi connectivity index (χ1v) is 7.35. The summed E-state index contributed by atoms with van der Waals surface area (Å²) in [4.78, 5) is 0. The molecule has 1 aliphatic heterocycles. The van der Waals surface area contributed by atoms with Crippen LogP contribution in [0.3, 0.4) is 0 Å². The molecular formula is C9H14N2O2S2. The fourth-order valence-corrected chi connectivity index (χ4v) is 3.97. The highest BCUT2D eigenvalue weighted by molar-refractivity contribution is 7.91. The van der Waals surface area contributed by atoms with E-state index in [0.29, 0.717) is 18.6 Å². The fraction of sp³-hybridized carbons (Fsp3) is 0.667. The zero-order chi connectivity index (χ0) is 10.9. The monoisotopic (exact) mass is 246 g/mol. The second kappa shape index (κ2) is 3.83. The van der Waals surface area contributed by atoms with Crippen molar-refractivity contribution in [1.82, 2.24) is 9.78 Å². The lowest BCUT2D eigenvalue weighted by Crippen LogP contribution is -2.43. The molecule has 0 saturated carbocycles. The van der Waals surface area contributed by atoms with Gasteiger partial charge in [-0.25, -0.2) is 8.42 Å². The van der Waals surface area contributed by atoms with E-state index < -0.39 is 9.84 Å². The standard InChI is InChI=1S/C9H14N2O2S2/c12-15(13)6-2-9(8-14,3-7-15)11-5-1-4-10-11/h1,4-5,14H,2-3,6-8H2. The maximum atomic E-state index is 11.4. The third kappa shape index (κ3) is 2.06. The topological polar surface area (TPSA) is 52.0 Å². The Morgan fingerprint density at radius 3 is 2.53 bits per heavy atom. The van der Waals surface area contributed by atoms with Gasteiger partial charge >= 0.3 is 0 Å². The number of rotatable bonds is 2. The van der Waals surface area contributed by atoms with E-state index in [2.05, 4.69) is 17.7 Å². The largest absolute Gasteiger partial charge is 0.266 e. The minimum absolute atomic E-state index is 0.210. The lowest BCUT2D eigenvalue weighted by Gasteiger charge is -2.36. The normalized spacial score (nSPS) is 23.8. The van der Waals surface area contributed by atoms with Crippen molar-refractivity contribution in [3.8, 4) is 0 Å². The molecule has 4 nitrogen and oxygen atoms in total. The number of nitrogens with zero attached hydrogens (tertiary/aromatic N) is 2. The molecule has 0 spiro atoms. The van der Waals surface area contributed by atoms with Crippen molar-refractivity contribution in [3.05, 3.63) is 18.5 Å². The molecule has 0 N–H and O–H groups in total. The molecule has 0 unspecified atom stereocenters. The van der Waals surface area contributed by atoms with Crippen LogP contribution in [0, 0.1) is 0 Å². The molecule has 0 aliphatic carbocycles. The lowest BCUT2D eigenvalue weighted by molar-refractivity contribution is 0.266. The van der Waals surface area contributed by atoms with Crippen LogP contribution >= 0.6 is 12.6 Å². The first kappa shape index (κ1) is 11.0. The smallest absolute Gasteiger partial charge is 0.150 e. The van der Waals surface area contributed by atoms with Crippen molar-refractivity contribution in [2.45, 2.75) is 18.4 Å². The van der Waals surface area contributed by atoms with Crippen molar-refractivity contribution in [2.24, 2.45) is 0 Å². The minimum Gasteiger partial charge on any atom is -0.266 e. The number of hydrogen-bond acceptors (Lipinski definition) is 4. The Kier molecular flexibility index (Phi) is 2.81. The van der Waals surface area contributed by atoms with Gasteiger partial charge in [0.25, 0.3) is 0 Å². The summed E-state index contributed by atoms with van der Waals surface area (Å²) in [5.74, 6) is 1.12. The second-order valence-corrected chi connectivity index (χ2v) is 6.60. The second-order valence-electron chi connectivity index (χ2n) is 3.98. The van der Waals surface area contributed by atoms with Crippen LogP contribution in [0.2, 0.25) is 0 Å². The summed E-state index contributed by atoms with van der Waals surface area (Å²) in [6.07, 6.45) is 4.82. The summed E-state index contributed by atoms with van der Waals surface area (Å²) in [7, 11) is -2.83. The molecule has 2 rings (SSSR count). The van der Waals surface area contributed by atoms with Crippen LogP contribution < -0.4 is 0 Å². The fourth-order valence-electron chi connectivity index (χ4n) is 1.93. The molecule has 6 heteroatoms. The lowest BCUT2D eigenvalue weighted by atomic mass is 9.95. The molecule has 0 amide bonds. The molecule has 1 saturated heterocycles. The van der Waals surface area contributed by atoms with Gasteiger partial charge in [-0.05, 0) is 18.9 Å². The molecule has 0 aromatic carbocycles. The molecule has 2 heterocycles. The highest BCUT2D eigenvalue weighted by Crippen LogP contribution is 2.31. The van der Waals surface area contributed by atoms with Crippen LogP contribution in [0.1, 0.15) is 12.8 Å². The van der Waals surface area contributed by atoms with Gasteiger partial charge in [-0.2, -0.15) is 17.7 Å². The van der Waals surface area contributed by atoms with Crippen LogP contribution in [0.15, 0.2) is 18.5 Å². The van der Waals surface area contributed by atoms with E-state index in [0.717, 1.165) is 0 Å². The van der Waals surface area contributed by atoms with E-state index in [1.807, 2.05) is 16.9 Å². The average Bonchev–Trinajstić information content (AvgIpc) is 2.72. The van der Waals surface area contributed by atoms with Crippen molar-refractivity contribution in [3.63, 3.8) is 0 Å². The van der Waals surface area contributed by atoms with Crippen molar-refractivity contribution in [2.75, 3.05) is 17.3 Å². The summed E-state index contributed by atoms with van der Waals surface area (Å²) in [6, 6.07) is 1.86. The Morgan fingerprint density at radius 2 is 2.07 bits per heavy atom. The third-order valence-electron chi connectivity index (χ3n) is 3.04. The molecule has 84 valence electrons. The summed E-state index contributed by atoms with van der Waals surface area (Å²) < 4.78 is 24.6. The van der Waals surface area contributed by atoms with Gasteiger partial charge in [-0.3, -0.25) is 4.68 Å². The Labute approximate surface area is 95.0 Å². The molecule has 1 aliphatic rings.